The van der Waals surface area contributed by atoms with Crippen LogP contribution in [0.4, 0.5) is 11.5 Å². The molecule has 0 aliphatic heterocycles. The number of carbonyl (C=O) groups excluding carboxylic acids is 1. The number of benzene rings is 1. The molecule has 0 fully saturated rings. The molecule has 3 aromatic rings. The van der Waals surface area contributed by atoms with E-state index < -0.39 is 10.8 Å². The third-order valence-electron chi connectivity index (χ3n) is 3.25. The fourth-order valence-electron chi connectivity index (χ4n) is 2.11. The topological polar surface area (TPSA) is 101 Å². The molecule has 122 valence electrons. The zero-order chi connectivity index (χ0) is 17.1. The standard InChI is InChI=1S/C15H12N4O3S2/c1-23-9-4-5-12(19(21)22)10(7-9)15(20)16-14-8-11(17-18-14)13-3-2-6-24-13/h2-8H,1H3,(H2,16,17,18,20). The highest BCUT2D eigenvalue weighted by atomic mass is 32.2. The number of amides is 1. The zero-order valence-corrected chi connectivity index (χ0v) is 14.1. The number of aromatic nitrogens is 2. The summed E-state index contributed by atoms with van der Waals surface area (Å²) in [5, 5.41) is 22.5. The lowest BCUT2D eigenvalue weighted by Gasteiger charge is -2.05. The van der Waals surface area contributed by atoms with Crippen molar-refractivity contribution in [2.75, 3.05) is 11.6 Å². The summed E-state index contributed by atoms with van der Waals surface area (Å²) in [5.41, 5.74) is 0.541. The molecule has 0 spiro atoms. The fourth-order valence-corrected chi connectivity index (χ4v) is 3.24. The maximum absolute atomic E-state index is 12.4. The normalized spacial score (nSPS) is 10.5. The van der Waals surface area contributed by atoms with Gasteiger partial charge in [-0.1, -0.05) is 6.07 Å². The summed E-state index contributed by atoms with van der Waals surface area (Å²) in [6.07, 6.45) is 1.84. The first-order valence-electron chi connectivity index (χ1n) is 6.81. The molecule has 0 saturated heterocycles. The van der Waals surface area contributed by atoms with Crippen LogP contribution in [-0.2, 0) is 0 Å². The summed E-state index contributed by atoms with van der Waals surface area (Å²) >= 11 is 2.95. The second-order valence-electron chi connectivity index (χ2n) is 4.74. The number of thiophene rings is 1. The summed E-state index contributed by atoms with van der Waals surface area (Å²) in [6, 6.07) is 9.98. The summed E-state index contributed by atoms with van der Waals surface area (Å²) < 4.78 is 0. The first-order valence-corrected chi connectivity index (χ1v) is 8.92. The average molecular weight is 360 g/mol. The van der Waals surface area contributed by atoms with E-state index in [-0.39, 0.29) is 11.3 Å². The molecule has 0 atom stereocenters. The van der Waals surface area contributed by atoms with Crippen LogP contribution in [0.25, 0.3) is 10.6 Å². The van der Waals surface area contributed by atoms with Crippen molar-refractivity contribution in [2.24, 2.45) is 0 Å². The van der Waals surface area contributed by atoms with E-state index >= 15 is 0 Å². The lowest BCUT2D eigenvalue weighted by atomic mass is 10.1. The Labute approximate surface area is 145 Å². The number of carbonyl (C=O) groups is 1. The van der Waals surface area contributed by atoms with Crippen LogP contribution < -0.4 is 5.32 Å². The minimum atomic E-state index is -0.569. The number of hydrogen-bond acceptors (Lipinski definition) is 6. The Kier molecular flexibility index (Phi) is 4.63. The SMILES string of the molecule is CSc1ccc([N+](=O)[O-])c(C(=O)Nc2cc(-c3cccs3)[nH]n2)c1. The predicted octanol–water partition coefficient (Wildman–Crippen LogP) is 4.02. The van der Waals surface area contributed by atoms with Crippen LogP contribution >= 0.6 is 23.1 Å². The molecule has 9 heteroatoms. The maximum Gasteiger partial charge on any atom is 0.282 e. The van der Waals surface area contributed by atoms with Gasteiger partial charge in [0.2, 0.25) is 0 Å². The molecule has 1 amide bonds. The number of thioether (sulfide) groups is 1. The van der Waals surface area contributed by atoms with Crippen LogP contribution in [0, 0.1) is 10.1 Å². The van der Waals surface area contributed by atoms with Gasteiger partial charge in [0, 0.05) is 17.0 Å². The Morgan fingerprint density at radius 3 is 2.88 bits per heavy atom. The van der Waals surface area contributed by atoms with Gasteiger partial charge in [-0.3, -0.25) is 20.0 Å². The third-order valence-corrected chi connectivity index (χ3v) is 4.88. The van der Waals surface area contributed by atoms with E-state index in [0.717, 1.165) is 15.5 Å². The van der Waals surface area contributed by atoms with E-state index in [1.54, 1.807) is 12.1 Å². The minimum Gasteiger partial charge on any atom is -0.305 e. The number of nitro benzene ring substituents is 1. The largest absolute Gasteiger partial charge is 0.305 e. The molecule has 2 heterocycles. The highest BCUT2D eigenvalue weighted by Crippen LogP contribution is 2.27. The summed E-state index contributed by atoms with van der Waals surface area (Å²) in [5.74, 6) is -0.255. The van der Waals surface area contributed by atoms with Crippen molar-refractivity contribution in [3.05, 3.63) is 57.5 Å². The molecule has 1 aromatic carbocycles. The summed E-state index contributed by atoms with van der Waals surface area (Å²) in [7, 11) is 0. The lowest BCUT2D eigenvalue weighted by molar-refractivity contribution is -0.385. The molecule has 7 nitrogen and oxygen atoms in total. The predicted molar refractivity (Wildman–Crippen MR) is 94.7 cm³/mol. The van der Waals surface area contributed by atoms with Crippen molar-refractivity contribution < 1.29 is 9.72 Å². The van der Waals surface area contributed by atoms with Crippen molar-refractivity contribution in [3.63, 3.8) is 0 Å². The molecular weight excluding hydrogens is 348 g/mol. The minimum absolute atomic E-state index is 0.00697. The van der Waals surface area contributed by atoms with Crippen molar-refractivity contribution >= 4 is 40.5 Å². The van der Waals surface area contributed by atoms with Crippen LogP contribution in [0.2, 0.25) is 0 Å². The zero-order valence-electron chi connectivity index (χ0n) is 12.5. The molecule has 0 unspecified atom stereocenters. The highest BCUT2D eigenvalue weighted by Gasteiger charge is 2.21. The fraction of sp³-hybridized carbons (Fsp3) is 0.0667. The van der Waals surface area contributed by atoms with Gasteiger partial charge >= 0.3 is 0 Å². The molecule has 0 aliphatic rings. The number of H-pyrrole nitrogens is 1. The number of rotatable bonds is 5. The Balaban J connectivity index is 1.86. The molecule has 2 aromatic heterocycles. The molecule has 0 bridgehead atoms. The van der Waals surface area contributed by atoms with Gasteiger partial charge in [0.05, 0.1) is 15.5 Å². The van der Waals surface area contributed by atoms with Gasteiger partial charge in [0.25, 0.3) is 11.6 Å². The molecule has 0 aliphatic carbocycles. The van der Waals surface area contributed by atoms with E-state index in [2.05, 4.69) is 15.5 Å². The van der Waals surface area contributed by atoms with Gasteiger partial charge in [-0.15, -0.1) is 23.1 Å². The molecule has 3 rings (SSSR count). The summed E-state index contributed by atoms with van der Waals surface area (Å²) in [6.45, 7) is 0. The number of aromatic amines is 1. The monoisotopic (exact) mass is 360 g/mol. The van der Waals surface area contributed by atoms with Gasteiger partial charge in [0.15, 0.2) is 5.82 Å². The average Bonchev–Trinajstić information content (AvgIpc) is 3.25. The van der Waals surface area contributed by atoms with E-state index in [9.17, 15) is 14.9 Å². The first-order chi connectivity index (χ1) is 11.6. The Hall–Kier alpha value is -2.65. The Morgan fingerprint density at radius 1 is 1.38 bits per heavy atom. The van der Waals surface area contributed by atoms with Crippen molar-refractivity contribution in [3.8, 4) is 10.6 Å². The first kappa shape index (κ1) is 16.2. The van der Waals surface area contributed by atoms with E-state index in [1.807, 2.05) is 23.8 Å². The molecule has 2 N–H and O–H groups in total. The van der Waals surface area contributed by atoms with E-state index in [1.165, 1.54) is 35.2 Å². The maximum atomic E-state index is 12.4. The van der Waals surface area contributed by atoms with Crippen molar-refractivity contribution in [2.45, 2.75) is 4.90 Å². The molecular formula is C15H12N4O3S2. The van der Waals surface area contributed by atoms with Gasteiger partial charge < -0.3 is 5.32 Å². The van der Waals surface area contributed by atoms with Gasteiger partial charge in [-0.25, -0.2) is 0 Å². The van der Waals surface area contributed by atoms with Crippen LogP contribution in [0.5, 0.6) is 0 Å². The highest BCUT2D eigenvalue weighted by molar-refractivity contribution is 7.98. The second-order valence-corrected chi connectivity index (χ2v) is 6.57. The molecule has 0 radical (unpaired) electrons. The van der Waals surface area contributed by atoms with Gasteiger partial charge in [-0.2, -0.15) is 5.10 Å². The molecule has 24 heavy (non-hydrogen) atoms. The van der Waals surface area contributed by atoms with Crippen LogP contribution in [0.3, 0.4) is 0 Å². The molecule has 0 saturated carbocycles. The van der Waals surface area contributed by atoms with Gasteiger partial charge in [0.1, 0.15) is 5.56 Å². The van der Waals surface area contributed by atoms with Crippen molar-refractivity contribution in [1.29, 1.82) is 0 Å². The third kappa shape index (κ3) is 3.31. The lowest BCUT2D eigenvalue weighted by Crippen LogP contribution is -2.14. The smallest absolute Gasteiger partial charge is 0.282 e. The number of hydrogen-bond donors (Lipinski definition) is 2. The van der Waals surface area contributed by atoms with E-state index in [0.29, 0.717) is 5.82 Å². The van der Waals surface area contributed by atoms with E-state index in [4.69, 9.17) is 0 Å². The number of nitrogens with zero attached hydrogens (tertiary/aromatic N) is 2. The number of nitrogens with one attached hydrogen (secondary N) is 2. The van der Waals surface area contributed by atoms with Crippen LogP contribution in [0.1, 0.15) is 10.4 Å². The Morgan fingerprint density at radius 2 is 2.21 bits per heavy atom. The Bertz CT molecular complexity index is 890. The quantitative estimate of drug-likeness (QED) is 0.406. The van der Waals surface area contributed by atoms with Gasteiger partial charge in [-0.05, 0) is 29.8 Å². The van der Waals surface area contributed by atoms with Crippen molar-refractivity contribution in [1.82, 2.24) is 10.2 Å². The summed E-state index contributed by atoms with van der Waals surface area (Å²) in [4.78, 5) is 24.7. The van der Waals surface area contributed by atoms with Crippen LogP contribution in [0.15, 0.2) is 46.7 Å². The second kappa shape index (κ2) is 6.85. The number of anilines is 1. The number of nitro groups is 1. The van der Waals surface area contributed by atoms with Crippen LogP contribution in [-0.4, -0.2) is 27.3 Å².